The van der Waals surface area contributed by atoms with Crippen molar-refractivity contribution in [2.45, 2.75) is 354 Å². The predicted molar refractivity (Wildman–Crippen MR) is 404 cm³/mol. The molecule has 0 spiro atoms. The molecule has 0 saturated carbocycles. The second-order valence-corrected chi connectivity index (χ2v) is 26.9. The predicted octanol–water partition coefficient (Wildman–Crippen LogP) is 26.0. The maximum absolute atomic E-state index is 12.8. The maximum atomic E-state index is 12.8. The molecule has 0 rings (SSSR count). The van der Waals surface area contributed by atoms with Crippen molar-refractivity contribution < 1.29 is 37.6 Å². The summed E-state index contributed by atoms with van der Waals surface area (Å²) < 4.78 is 33.2. The van der Waals surface area contributed by atoms with Crippen LogP contribution in [0.1, 0.15) is 348 Å². The van der Waals surface area contributed by atoms with Gasteiger partial charge in [-0.1, -0.05) is 353 Å². The molecule has 0 fully saturated rings. The number of nitrogens with two attached hydrogens (primary N) is 1. The summed E-state index contributed by atoms with van der Waals surface area (Å²) in [5.74, 6) is -0.862. The first-order chi connectivity index (χ1) is 45.8. The maximum Gasteiger partial charge on any atom is 0.472 e. The third kappa shape index (κ3) is 77.0. The van der Waals surface area contributed by atoms with Crippen LogP contribution in [0, 0.1) is 0 Å². The van der Waals surface area contributed by atoms with Gasteiger partial charge in [0.25, 0.3) is 0 Å². The van der Waals surface area contributed by atoms with E-state index < -0.39 is 26.5 Å². The summed E-state index contributed by atoms with van der Waals surface area (Å²) in [4.78, 5) is 35.4. The van der Waals surface area contributed by atoms with Crippen molar-refractivity contribution in [3.05, 3.63) is 134 Å². The number of hydrogen-bond acceptors (Lipinski definition) is 8. The van der Waals surface area contributed by atoms with E-state index in [1.807, 2.05) is 0 Å². The molecule has 0 aromatic carbocycles. The smallest absolute Gasteiger partial charge is 0.462 e. The fraction of sp³-hybridized carbons (Fsp3) is 0.711. The number of esters is 2. The Bertz CT molecular complexity index is 1990. The van der Waals surface area contributed by atoms with Crippen LogP contribution in [0.15, 0.2) is 134 Å². The molecule has 0 bridgehead atoms. The summed E-state index contributed by atoms with van der Waals surface area (Å²) in [6.07, 6.45) is 110. The normalized spacial score (nSPS) is 13.6. The molecule has 2 unspecified atom stereocenters. The number of hydrogen-bond donors (Lipinski definition) is 2. The standard InChI is InChI=1S/C83H144NO8P/c1-3-5-7-9-11-13-15-17-19-21-23-25-27-29-31-33-35-36-37-38-39-40-41-42-43-44-46-47-49-51-53-55-57-59-61-63-65-67-69-71-73-75-82(85)89-79-81(80-91-93(87,88)90-78-77-84)92-83(86)76-74-72-70-68-66-64-62-60-58-56-54-52-50-48-45-34-32-30-28-26-24-22-20-18-16-14-12-10-8-6-4-2/h6,8,12,14-15,17-18,20-21,23-24,26,30,32,45,48,52,54,58,60,64,66,81H,3-5,7,9-11,13,16,19,22,25,27-29,31,33-44,46-47,49-51,53,55-57,59,61-63,65,67-80,84H2,1-2H3,(H,87,88)/b8-6-,14-12-,17-15-,20-18-,23-21-,26-24-,32-30-,48-45-,54-52-,60-58-,66-64-. The minimum atomic E-state index is -4.41. The Hall–Kier alpha value is -3.85. The minimum absolute atomic E-state index is 0.0423. The molecule has 0 saturated heterocycles. The first kappa shape index (κ1) is 89.2. The van der Waals surface area contributed by atoms with Crippen molar-refractivity contribution in [1.82, 2.24) is 0 Å². The molecular weight excluding hydrogens is 1170 g/mol. The van der Waals surface area contributed by atoms with Gasteiger partial charge in [0.05, 0.1) is 13.2 Å². The number of phosphoric acid groups is 1. The number of unbranched alkanes of at least 4 members (excludes halogenated alkanes) is 37. The third-order valence-electron chi connectivity index (χ3n) is 16.5. The van der Waals surface area contributed by atoms with E-state index in [2.05, 4.69) is 148 Å². The molecule has 0 radical (unpaired) electrons. The van der Waals surface area contributed by atoms with Crippen molar-refractivity contribution in [3.8, 4) is 0 Å². The molecule has 2 atom stereocenters. The van der Waals surface area contributed by atoms with Crippen molar-refractivity contribution in [2.24, 2.45) is 5.73 Å². The first-order valence-electron chi connectivity index (χ1n) is 38.7. The second kappa shape index (κ2) is 77.2. The average molecular weight is 1320 g/mol. The molecule has 0 aromatic rings. The Morgan fingerprint density at radius 3 is 0.892 bits per heavy atom. The number of rotatable bonds is 72. The lowest BCUT2D eigenvalue weighted by molar-refractivity contribution is -0.161. The highest BCUT2D eigenvalue weighted by atomic mass is 31.2. The van der Waals surface area contributed by atoms with Gasteiger partial charge in [-0.05, 0) is 116 Å². The highest BCUT2D eigenvalue weighted by molar-refractivity contribution is 7.47. The highest BCUT2D eigenvalue weighted by Crippen LogP contribution is 2.43. The zero-order chi connectivity index (χ0) is 67.2. The van der Waals surface area contributed by atoms with Crippen molar-refractivity contribution in [3.63, 3.8) is 0 Å². The molecule has 0 aliphatic rings. The van der Waals surface area contributed by atoms with E-state index in [0.29, 0.717) is 6.42 Å². The van der Waals surface area contributed by atoms with Crippen LogP contribution in [-0.2, 0) is 32.7 Å². The van der Waals surface area contributed by atoms with Crippen LogP contribution in [0.2, 0.25) is 0 Å². The quantitative estimate of drug-likeness (QED) is 0.0264. The lowest BCUT2D eigenvalue weighted by atomic mass is 10.0. The molecule has 0 aliphatic heterocycles. The first-order valence-corrected chi connectivity index (χ1v) is 40.2. The van der Waals surface area contributed by atoms with E-state index >= 15 is 0 Å². The Balaban J connectivity index is 3.86. The van der Waals surface area contributed by atoms with Gasteiger partial charge in [0.15, 0.2) is 6.10 Å². The zero-order valence-electron chi connectivity index (χ0n) is 60.2. The molecule has 10 heteroatoms. The van der Waals surface area contributed by atoms with Crippen molar-refractivity contribution in [2.75, 3.05) is 26.4 Å². The summed E-state index contributed by atoms with van der Waals surface area (Å²) >= 11 is 0. The third-order valence-corrected chi connectivity index (χ3v) is 17.5. The van der Waals surface area contributed by atoms with Crippen molar-refractivity contribution in [1.29, 1.82) is 0 Å². The summed E-state index contributed by atoms with van der Waals surface area (Å²) in [5, 5.41) is 0. The van der Waals surface area contributed by atoms with E-state index in [9.17, 15) is 19.0 Å². The van der Waals surface area contributed by atoms with Crippen LogP contribution in [0.4, 0.5) is 0 Å². The largest absolute Gasteiger partial charge is 0.472 e. The number of carbonyl (C=O) groups excluding carboxylic acids is 2. The van der Waals surface area contributed by atoms with E-state index in [4.69, 9.17) is 24.3 Å². The lowest BCUT2D eigenvalue weighted by Gasteiger charge is -2.19. The fourth-order valence-corrected chi connectivity index (χ4v) is 11.6. The SMILES string of the molecule is CC/C=C\C/C=C\C/C=C\C/C=C\C/C=C\C/C=C\C/C=C\C/C=C\C/C=C\CCCCCC(=O)OC(COC(=O)CCCCCCCCCCCCCCCCCCCCCCCCCCCCCCC/C=C\C/C=C\CCCCCCC)COP(=O)(O)OCCN. The number of phosphoric ester groups is 1. The summed E-state index contributed by atoms with van der Waals surface area (Å²) in [6, 6.07) is 0. The molecule has 93 heavy (non-hydrogen) atoms. The number of allylic oxidation sites excluding steroid dienone is 22. The van der Waals surface area contributed by atoms with Gasteiger partial charge in [-0.25, -0.2) is 4.57 Å². The summed E-state index contributed by atoms with van der Waals surface area (Å²) in [5.41, 5.74) is 5.40. The van der Waals surface area contributed by atoms with Crippen molar-refractivity contribution >= 4 is 19.8 Å². The number of ether oxygens (including phenoxy) is 2. The van der Waals surface area contributed by atoms with Gasteiger partial charge in [-0.15, -0.1) is 0 Å². The molecule has 9 nitrogen and oxygen atoms in total. The molecule has 3 N–H and O–H groups in total. The van der Waals surface area contributed by atoms with Crippen LogP contribution in [0.3, 0.4) is 0 Å². The Morgan fingerprint density at radius 2 is 0.591 bits per heavy atom. The van der Waals surface area contributed by atoms with E-state index in [1.54, 1.807) is 0 Å². The van der Waals surface area contributed by atoms with Gasteiger partial charge in [-0.3, -0.25) is 18.6 Å². The second-order valence-electron chi connectivity index (χ2n) is 25.5. The summed E-state index contributed by atoms with van der Waals surface area (Å²) in [7, 11) is -4.41. The van der Waals surface area contributed by atoms with Gasteiger partial charge in [0, 0.05) is 19.4 Å². The molecule has 0 aromatic heterocycles. The Kier molecular flexibility index (Phi) is 74.0. The monoisotopic (exact) mass is 1310 g/mol. The average Bonchev–Trinajstić information content (AvgIpc) is 3.70. The topological polar surface area (TPSA) is 134 Å². The van der Waals surface area contributed by atoms with Gasteiger partial charge < -0.3 is 20.1 Å². The molecule has 534 valence electrons. The van der Waals surface area contributed by atoms with Gasteiger partial charge in [-0.2, -0.15) is 0 Å². The van der Waals surface area contributed by atoms with E-state index in [1.165, 1.54) is 212 Å². The van der Waals surface area contributed by atoms with E-state index in [-0.39, 0.29) is 38.6 Å². The Labute approximate surface area is 574 Å². The molecule has 0 amide bonds. The lowest BCUT2D eigenvalue weighted by Crippen LogP contribution is -2.29. The van der Waals surface area contributed by atoms with Crippen LogP contribution in [0.25, 0.3) is 0 Å². The van der Waals surface area contributed by atoms with Crippen LogP contribution in [-0.4, -0.2) is 49.3 Å². The van der Waals surface area contributed by atoms with Crippen LogP contribution < -0.4 is 5.73 Å². The van der Waals surface area contributed by atoms with Gasteiger partial charge >= 0.3 is 19.8 Å². The number of carbonyl (C=O) groups is 2. The zero-order valence-corrected chi connectivity index (χ0v) is 61.1. The molecule has 0 heterocycles. The fourth-order valence-electron chi connectivity index (χ4n) is 10.8. The van der Waals surface area contributed by atoms with Crippen LogP contribution in [0.5, 0.6) is 0 Å². The van der Waals surface area contributed by atoms with Gasteiger partial charge in [0.2, 0.25) is 0 Å². The summed E-state index contributed by atoms with van der Waals surface area (Å²) in [6.45, 7) is 3.60. The van der Waals surface area contributed by atoms with Gasteiger partial charge in [0.1, 0.15) is 6.61 Å². The highest BCUT2D eigenvalue weighted by Gasteiger charge is 2.26. The molecule has 0 aliphatic carbocycles. The van der Waals surface area contributed by atoms with Crippen LogP contribution >= 0.6 is 7.82 Å². The molecular formula is C83H144NO8P. The minimum Gasteiger partial charge on any atom is -0.462 e. The van der Waals surface area contributed by atoms with E-state index in [0.717, 1.165) is 103 Å². The Morgan fingerprint density at radius 1 is 0.333 bits per heavy atom.